The Morgan fingerprint density at radius 2 is 1.39 bits per heavy atom. The number of rotatable bonds is 1. The molecule has 0 saturated heterocycles. The van der Waals surface area contributed by atoms with E-state index >= 15 is 0 Å². The van der Waals surface area contributed by atoms with E-state index in [1.807, 2.05) is 0 Å². The molecule has 0 heterocycles. The van der Waals surface area contributed by atoms with Gasteiger partial charge in [-0.3, -0.25) is 0 Å². The van der Waals surface area contributed by atoms with Crippen molar-refractivity contribution in [1.29, 1.82) is 0 Å². The zero-order valence-corrected chi connectivity index (χ0v) is 10.6. The topological polar surface area (TPSA) is 92.5 Å². The summed E-state index contributed by atoms with van der Waals surface area (Å²) >= 11 is 11.7. The van der Waals surface area contributed by atoms with E-state index in [0.717, 1.165) is 0 Å². The molecule has 0 spiro atoms. The van der Waals surface area contributed by atoms with Crippen molar-refractivity contribution < 1.29 is 10.2 Å². The molecule has 6 N–H and O–H groups in total. The second kappa shape index (κ2) is 4.48. The van der Waals surface area contributed by atoms with Crippen molar-refractivity contribution in [3.05, 3.63) is 34.3 Å². The van der Waals surface area contributed by atoms with Crippen LogP contribution < -0.4 is 11.5 Å². The molecule has 0 bridgehead atoms. The predicted molar refractivity (Wildman–Crippen MR) is 74.1 cm³/mol. The van der Waals surface area contributed by atoms with Crippen molar-refractivity contribution in [3.63, 3.8) is 0 Å². The average Bonchev–Trinajstić information content (AvgIpc) is 2.31. The molecule has 0 aliphatic carbocycles. The van der Waals surface area contributed by atoms with Crippen molar-refractivity contribution in [3.8, 4) is 22.6 Å². The number of halogens is 2. The van der Waals surface area contributed by atoms with Gasteiger partial charge in [-0.2, -0.15) is 0 Å². The van der Waals surface area contributed by atoms with Gasteiger partial charge in [0.05, 0.1) is 21.4 Å². The lowest BCUT2D eigenvalue weighted by atomic mass is 10.0. The molecule has 0 fully saturated rings. The number of phenols is 2. The third-order valence-electron chi connectivity index (χ3n) is 2.53. The van der Waals surface area contributed by atoms with Gasteiger partial charge in [-0.25, -0.2) is 0 Å². The first kappa shape index (κ1) is 12.7. The maximum atomic E-state index is 9.61. The van der Waals surface area contributed by atoms with Gasteiger partial charge >= 0.3 is 0 Å². The minimum absolute atomic E-state index is 0.110. The van der Waals surface area contributed by atoms with E-state index in [1.54, 1.807) is 6.07 Å². The van der Waals surface area contributed by atoms with Crippen LogP contribution in [0.2, 0.25) is 10.0 Å². The van der Waals surface area contributed by atoms with Crippen LogP contribution in [0, 0.1) is 0 Å². The van der Waals surface area contributed by atoms with Gasteiger partial charge in [0.15, 0.2) is 5.75 Å². The highest BCUT2D eigenvalue weighted by molar-refractivity contribution is 6.34. The summed E-state index contributed by atoms with van der Waals surface area (Å²) in [5, 5.41) is 19.4. The highest BCUT2D eigenvalue weighted by atomic mass is 35.5. The summed E-state index contributed by atoms with van der Waals surface area (Å²) < 4.78 is 0. The van der Waals surface area contributed by atoms with Crippen molar-refractivity contribution in [2.45, 2.75) is 0 Å². The highest BCUT2D eigenvalue weighted by Crippen LogP contribution is 2.39. The summed E-state index contributed by atoms with van der Waals surface area (Å²) in [6, 6.07) is 6.08. The summed E-state index contributed by atoms with van der Waals surface area (Å²) in [4.78, 5) is 0. The molecule has 2 aromatic carbocycles. The largest absolute Gasteiger partial charge is 0.506 e. The fourth-order valence-electron chi connectivity index (χ4n) is 1.56. The molecule has 18 heavy (non-hydrogen) atoms. The van der Waals surface area contributed by atoms with E-state index in [0.29, 0.717) is 11.1 Å². The Balaban J connectivity index is 2.63. The van der Waals surface area contributed by atoms with Crippen LogP contribution in [0.5, 0.6) is 11.5 Å². The fourth-order valence-corrected chi connectivity index (χ4v) is 2.00. The molecule has 0 saturated carbocycles. The van der Waals surface area contributed by atoms with E-state index in [-0.39, 0.29) is 32.9 Å². The third kappa shape index (κ3) is 2.12. The van der Waals surface area contributed by atoms with Gasteiger partial charge in [-0.05, 0) is 35.4 Å². The molecule has 2 aromatic rings. The Kier molecular flexibility index (Phi) is 3.15. The molecular formula is C12H10Cl2N2O2. The third-order valence-corrected chi connectivity index (χ3v) is 3.13. The van der Waals surface area contributed by atoms with E-state index in [2.05, 4.69) is 0 Å². The Morgan fingerprint density at radius 3 is 1.94 bits per heavy atom. The molecule has 6 heteroatoms. The minimum atomic E-state index is -0.175. The van der Waals surface area contributed by atoms with Crippen molar-refractivity contribution in [2.75, 3.05) is 11.5 Å². The van der Waals surface area contributed by atoms with Crippen LogP contribution in [0.3, 0.4) is 0 Å². The van der Waals surface area contributed by atoms with Crippen LogP contribution in [0.25, 0.3) is 11.1 Å². The predicted octanol–water partition coefficient (Wildman–Crippen LogP) is 3.24. The number of benzene rings is 2. The second-order valence-corrected chi connectivity index (χ2v) is 4.60. The molecular weight excluding hydrogens is 275 g/mol. The van der Waals surface area contributed by atoms with E-state index < -0.39 is 0 Å². The first-order valence-electron chi connectivity index (χ1n) is 4.96. The fraction of sp³-hybridized carbons (Fsp3) is 0. The molecule has 4 nitrogen and oxygen atoms in total. The van der Waals surface area contributed by atoms with Crippen molar-refractivity contribution in [2.24, 2.45) is 0 Å². The van der Waals surface area contributed by atoms with Crippen molar-refractivity contribution >= 4 is 34.6 Å². The molecule has 94 valence electrons. The first-order valence-corrected chi connectivity index (χ1v) is 5.72. The first-order chi connectivity index (χ1) is 8.40. The van der Waals surface area contributed by atoms with E-state index in [4.69, 9.17) is 34.7 Å². The van der Waals surface area contributed by atoms with Crippen LogP contribution in [0.1, 0.15) is 0 Å². The van der Waals surface area contributed by atoms with Gasteiger partial charge in [-0.1, -0.05) is 23.2 Å². The standard InChI is InChI=1S/C12H10Cl2N2O2/c13-7-1-6(4-10(17)11(7)16)5-2-8(14)12(18)9(15)3-5/h1-4,17-18H,15-16H2. The van der Waals surface area contributed by atoms with Crippen LogP contribution >= 0.6 is 23.2 Å². The molecule has 0 aromatic heterocycles. The van der Waals surface area contributed by atoms with Crippen LogP contribution in [-0.2, 0) is 0 Å². The van der Waals surface area contributed by atoms with Gasteiger partial charge in [0.25, 0.3) is 0 Å². The van der Waals surface area contributed by atoms with Gasteiger partial charge in [0, 0.05) is 0 Å². The number of nitrogens with two attached hydrogens (primary N) is 2. The number of phenolic OH excluding ortho intramolecular Hbond substituents is 2. The van der Waals surface area contributed by atoms with Gasteiger partial charge in [-0.15, -0.1) is 0 Å². The number of hydrogen-bond donors (Lipinski definition) is 4. The lowest BCUT2D eigenvalue weighted by Gasteiger charge is -2.09. The molecule has 2 rings (SSSR count). The minimum Gasteiger partial charge on any atom is -0.506 e. The summed E-state index contributed by atoms with van der Waals surface area (Å²) in [6.45, 7) is 0. The molecule has 0 unspecified atom stereocenters. The number of aromatic hydroxyl groups is 2. The van der Waals surface area contributed by atoms with Gasteiger partial charge in [0.1, 0.15) is 5.75 Å². The maximum absolute atomic E-state index is 9.61. The Hall–Kier alpha value is -1.78. The lowest BCUT2D eigenvalue weighted by Crippen LogP contribution is -1.91. The quantitative estimate of drug-likeness (QED) is 0.478. The highest BCUT2D eigenvalue weighted by Gasteiger charge is 2.11. The van der Waals surface area contributed by atoms with Gasteiger partial charge < -0.3 is 21.7 Å². The zero-order valence-electron chi connectivity index (χ0n) is 9.11. The van der Waals surface area contributed by atoms with E-state index in [1.165, 1.54) is 18.2 Å². The Labute approximate surface area is 113 Å². The average molecular weight is 285 g/mol. The maximum Gasteiger partial charge on any atom is 0.157 e. The number of anilines is 2. The zero-order chi connectivity index (χ0) is 13.4. The Morgan fingerprint density at radius 1 is 0.833 bits per heavy atom. The molecule has 0 atom stereocenters. The summed E-state index contributed by atoms with van der Waals surface area (Å²) in [5.74, 6) is -0.300. The second-order valence-electron chi connectivity index (χ2n) is 3.79. The number of hydrogen-bond acceptors (Lipinski definition) is 4. The monoisotopic (exact) mass is 284 g/mol. The van der Waals surface area contributed by atoms with Crippen LogP contribution in [0.4, 0.5) is 11.4 Å². The molecule has 0 amide bonds. The van der Waals surface area contributed by atoms with E-state index in [9.17, 15) is 10.2 Å². The summed E-state index contributed by atoms with van der Waals surface area (Å²) in [7, 11) is 0. The molecule has 0 radical (unpaired) electrons. The van der Waals surface area contributed by atoms with Gasteiger partial charge in [0.2, 0.25) is 0 Å². The normalized spacial score (nSPS) is 10.6. The van der Waals surface area contributed by atoms with Crippen LogP contribution in [-0.4, -0.2) is 10.2 Å². The SMILES string of the molecule is Nc1cc(-c2cc(O)c(N)c(Cl)c2)cc(Cl)c1O. The number of nitrogen functional groups attached to an aromatic ring is 2. The summed E-state index contributed by atoms with van der Waals surface area (Å²) in [5.41, 5.74) is 12.6. The van der Waals surface area contributed by atoms with Crippen LogP contribution in [0.15, 0.2) is 24.3 Å². The lowest BCUT2D eigenvalue weighted by molar-refractivity contribution is 0.478. The summed E-state index contributed by atoms with van der Waals surface area (Å²) in [6.07, 6.45) is 0. The molecule has 0 aliphatic rings. The van der Waals surface area contributed by atoms with Crippen molar-refractivity contribution in [1.82, 2.24) is 0 Å². The smallest absolute Gasteiger partial charge is 0.157 e. The molecule has 0 aliphatic heterocycles. The Bertz CT molecular complexity index is 528.